The lowest BCUT2D eigenvalue weighted by Crippen LogP contribution is -2.31. The van der Waals surface area contributed by atoms with Crippen LogP contribution >= 0.6 is 0 Å². The molecule has 31 heavy (non-hydrogen) atoms. The number of carbonyl (C=O) groups excluding carboxylic acids is 2. The van der Waals surface area contributed by atoms with Crippen molar-refractivity contribution >= 4 is 28.7 Å². The minimum atomic E-state index is -0.627. The van der Waals surface area contributed by atoms with Gasteiger partial charge in [0.2, 0.25) is 0 Å². The van der Waals surface area contributed by atoms with E-state index in [2.05, 4.69) is 5.32 Å². The third-order valence-electron chi connectivity index (χ3n) is 4.85. The Labute approximate surface area is 181 Å². The van der Waals surface area contributed by atoms with E-state index in [1.807, 2.05) is 49.4 Å². The number of ether oxygens (including phenoxy) is 3. The van der Waals surface area contributed by atoms with Crippen LogP contribution < -0.4 is 14.8 Å². The molecule has 3 aromatic carbocycles. The van der Waals surface area contributed by atoms with E-state index in [0.717, 1.165) is 16.3 Å². The van der Waals surface area contributed by atoms with Gasteiger partial charge in [-0.25, -0.2) is 4.79 Å². The van der Waals surface area contributed by atoms with E-state index in [4.69, 9.17) is 14.2 Å². The molecule has 1 atom stereocenters. The molecule has 6 nitrogen and oxygen atoms in total. The summed E-state index contributed by atoms with van der Waals surface area (Å²) in [6.07, 6.45) is 2.80. The van der Waals surface area contributed by atoms with Gasteiger partial charge in [0.1, 0.15) is 11.5 Å². The third kappa shape index (κ3) is 5.63. The van der Waals surface area contributed by atoms with E-state index < -0.39 is 5.97 Å². The number of methoxy groups -OCH3 is 2. The van der Waals surface area contributed by atoms with Crippen LogP contribution in [0.3, 0.4) is 0 Å². The number of rotatable bonds is 8. The minimum Gasteiger partial charge on any atom is -0.497 e. The summed E-state index contributed by atoms with van der Waals surface area (Å²) in [6.45, 7) is 1.53. The molecular weight excluding hydrogens is 394 g/mol. The van der Waals surface area contributed by atoms with E-state index in [0.29, 0.717) is 17.1 Å². The molecule has 6 heteroatoms. The van der Waals surface area contributed by atoms with Crippen LogP contribution in [0.2, 0.25) is 0 Å². The molecule has 1 N–H and O–H groups in total. The first-order chi connectivity index (χ1) is 15.0. The predicted octanol–water partition coefficient (Wildman–Crippen LogP) is 4.29. The van der Waals surface area contributed by atoms with Crippen LogP contribution in [0.4, 0.5) is 0 Å². The second kappa shape index (κ2) is 10.3. The topological polar surface area (TPSA) is 73.9 Å². The highest BCUT2D eigenvalue weighted by atomic mass is 16.5. The van der Waals surface area contributed by atoms with Gasteiger partial charge in [-0.15, -0.1) is 0 Å². The Morgan fingerprint density at radius 3 is 2.55 bits per heavy atom. The van der Waals surface area contributed by atoms with Crippen LogP contribution in [0, 0.1) is 0 Å². The predicted molar refractivity (Wildman–Crippen MR) is 120 cm³/mol. The first kappa shape index (κ1) is 21.9. The number of hydrogen-bond donors (Lipinski definition) is 1. The maximum atomic E-state index is 12.3. The van der Waals surface area contributed by atoms with Crippen molar-refractivity contribution in [2.75, 3.05) is 20.8 Å². The molecule has 0 bridgehead atoms. The molecule has 1 amide bonds. The zero-order chi connectivity index (χ0) is 22.2. The molecule has 0 aliphatic heterocycles. The first-order valence-electron chi connectivity index (χ1n) is 9.85. The van der Waals surface area contributed by atoms with Gasteiger partial charge in [0.05, 0.1) is 20.3 Å². The van der Waals surface area contributed by atoms with E-state index >= 15 is 0 Å². The van der Waals surface area contributed by atoms with E-state index in [1.54, 1.807) is 38.5 Å². The van der Waals surface area contributed by atoms with Crippen LogP contribution in [-0.2, 0) is 14.3 Å². The molecule has 0 saturated carbocycles. The Hall–Kier alpha value is -3.80. The lowest BCUT2D eigenvalue weighted by molar-refractivity contribution is -0.144. The quantitative estimate of drug-likeness (QED) is 0.436. The molecule has 0 aliphatic rings. The first-order valence-corrected chi connectivity index (χ1v) is 9.85. The molecule has 0 aromatic heterocycles. The number of amides is 1. The van der Waals surface area contributed by atoms with Gasteiger partial charge in [0, 0.05) is 11.6 Å². The molecule has 0 fully saturated rings. The van der Waals surface area contributed by atoms with E-state index in [-0.39, 0.29) is 18.6 Å². The summed E-state index contributed by atoms with van der Waals surface area (Å²) < 4.78 is 15.5. The van der Waals surface area contributed by atoms with E-state index in [9.17, 15) is 9.59 Å². The molecule has 3 rings (SSSR count). The Balaban J connectivity index is 1.57. The fourth-order valence-corrected chi connectivity index (χ4v) is 3.30. The molecule has 0 unspecified atom stereocenters. The monoisotopic (exact) mass is 419 g/mol. The fourth-order valence-electron chi connectivity index (χ4n) is 3.30. The number of hydrogen-bond acceptors (Lipinski definition) is 5. The van der Waals surface area contributed by atoms with E-state index in [1.165, 1.54) is 6.08 Å². The van der Waals surface area contributed by atoms with Crippen molar-refractivity contribution in [2.24, 2.45) is 0 Å². The molecular formula is C25H25NO5. The van der Waals surface area contributed by atoms with Crippen LogP contribution in [0.15, 0.2) is 66.7 Å². The van der Waals surface area contributed by atoms with Crippen molar-refractivity contribution in [3.63, 3.8) is 0 Å². The average molecular weight is 419 g/mol. The summed E-state index contributed by atoms with van der Waals surface area (Å²) in [5.74, 6) is 0.223. The molecule has 160 valence electrons. The van der Waals surface area contributed by atoms with Gasteiger partial charge in [0.25, 0.3) is 5.91 Å². The van der Waals surface area contributed by atoms with Crippen molar-refractivity contribution < 1.29 is 23.8 Å². The minimum absolute atomic E-state index is 0.228. The highest BCUT2D eigenvalue weighted by molar-refractivity contribution is 5.90. The van der Waals surface area contributed by atoms with Crippen molar-refractivity contribution in [1.82, 2.24) is 5.32 Å². The van der Waals surface area contributed by atoms with Crippen molar-refractivity contribution in [3.8, 4) is 11.5 Å². The lowest BCUT2D eigenvalue weighted by atomic mass is 10.00. The molecule has 3 aromatic rings. The third-order valence-corrected chi connectivity index (χ3v) is 4.85. The van der Waals surface area contributed by atoms with Crippen LogP contribution in [-0.4, -0.2) is 32.7 Å². The standard InChI is InChI=1S/C25H25NO5/c1-17(21-10-6-8-18-7-4-5-9-22(18)21)26-24(27)16-31-25(28)14-11-19-15-20(29-2)12-13-23(19)30-3/h4-15,17H,16H2,1-3H3,(H,26,27)/b14-11+/t17-/m0/s1. The number of nitrogens with one attached hydrogen (secondary N) is 1. The maximum absolute atomic E-state index is 12.3. The van der Waals surface area contributed by atoms with Gasteiger partial charge in [-0.3, -0.25) is 4.79 Å². The molecule has 0 aliphatic carbocycles. The average Bonchev–Trinajstić information content (AvgIpc) is 2.80. The normalized spacial score (nSPS) is 11.8. The van der Waals surface area contributed by atoms with Gasteiger partial charge < -0.3 is 19.5 Å². The Kier molecular flexibility index (Phi) is 7.27. The summed E-state index contributed by atoms with van der Waals surface area (Å²) in [6, 6.07) is 19.0. The number of esters is 1. The summed E-state index contributed by atoms with van der Waals surface area (Å²) in [4.78, 5) is 24.3. The second-order valence-electron chi connectivity index (χ2n) is 6.91. The summed E-state index contributed by atoms with van der Waals surface area (Å²) in [5.41, 5.74) is 1.66. The SMILES string of the molecule is COc1ccc(OC)c(/C=C/C(=O)OCC(=O)N[C@@H](C)c2cccc3ccccc23)c1. The zero-order valence-corrected chi connectivity index (χ0v) is 17.8. The lowest BCUT2D eigenvalue weighted by Gasteiger charge is -2.16. The smallest absolute Gasteiger partial charge is 0.331 e. The highest BCUT2D eigenvalue weighted by Gasteiger charge is 2.13. The summed E-state index contributed by atoms with van der Waals surface area (Å²) >= 11 is 0. The fraction of sp³-hybridized carbons (Fsp3) is 0.200. The molecule has 0 spiro atoms. The van der Waals surface area contributed by atoms with Gasteiger partial charge in [0.15, 0.2) is 6.61 Å². The molecule has 0 radical (unpaired) electrons. The summed E-state index contributed by atoms with van der Waals surface area (Å²) in [7, 11) is 3.10. The van der Waals surface area contributed by atoms with Gasteiger partial charge in [-0.2, -0.15) is 0 Å². The van der Waals surface area contributed by atoms with Crippen LogP contribution in [0.1, 0.15) is 24.1 Å². The maximum Gasteiger partial charge on any atom is 0.331 e. The van der Waals surface area contributed by atoms with Crippen LogP contribution in [0.25, 0.3) is 16.8 Å². The Morgan fingerprint density at radius 2 is 1.77 bits per heavy atom. The largest absolute Gasteiger partial charge is 0.497 e. The van der Waals surface area contributed by atoms with Crippen molar-refractivity contribution in [2.45, 2.75) is 13.0 Å². The highest BCUT2D eigenvalue weighted by Crippen LogP contribution is 2.25. The van der Waals surface area contributed by atoms with Crippen LogP contribution in [0.5, 0.6) is 11.5 Å². The Morgan fingerprint density at radius 1 is 1.00 bits per heavy atom. The zero-order valence-electron chi connectivity index (χ0n) is 17.8. The second-order valence-corrected chi connectivity index (χ2v) is 6.91. The number of carbonyl (C=O) groups is 2. The Bertz CT molecular complexity index is 1100. The molecule has 0 heterocycles. The van der Waals surface area contributed by atoms with Gasteiger partial charge >= 0.3 is 5.97 Å². The summed E-state index contributed by atoms with van der Waals surface area (Å²) in [5, 5.41) is 5.05. The number of benzene rings is 3. The van der Waals surface area contributed by atoms with Crippen molar-refractivity contribution in [1.29, 1.82) is 0 Å². The number of fused-ring (bicyclic) bond motifs is 1. The molecule has 0 saturated heterocycles. The van der Waals surface area contributed by atoms with Gasteiger partial charge in [-0.1, -0.05) is 42.5 Å². The van der Waals surface area contributed by atoms with Gasteiger partial charge in [-0.05, 0) is 47.5 Å². The van der Waals surface area contributed by atoms with Crippen molar-refractivity contribution in [3.05, 3.63) is 77.9 Å².